The molecule has 0 radical (unpaired) electrons. The van der Waals surface area contributed by atoms with Crippen molar-refractivity contribution in [1.82, 2.24) is 14.7 Å². The van der Waals surface area contributed by atoms with Crippen molar-refractivity contribution in [2.75, 3.05) is 0 Å². The number of hydrogen-bond donors (Lipinski definition) is 0. The quantitative estimate of drug-likeness (QED) is 0.350. The van der Waals surface area contributed by atoms with Crippen LogP contribution in [0.25, 0.3) is 39.3 Å². The summed E-state index contributed by atoms with van der Waals surface area (Å²) in [5.74, 6) is 0.272. The molecule has 2 aromatic heterocycles. The lowest BCUT2D eigenvalue weighted by atomic mass is 10.1. The maximum atomic E-state index is 13.8. The van der Waals surface area contributed by atoms with E-state index in [-0.39, 0.29) is 11.4 Å². The van der Waals surface area contributed by atoms with Crippen LogP contribution in [0.3, 0.4) is 0 Å². The molecule has 7 heteroatoms. The van der Waals surface area contributed by atoms with Crippen molar-refractivity contribution in [3.05, 3.63) is 99.6 Å². The number of fused-ring (bicyclic) bond motifs is 1. The zero-order valence-corrected chi connectivity index (χ0v) is 17.0. The average Bonchev–Trinajstić information content (AvgIpc) is 3.24. The van der Waals surface area contributed by atoms with Crippen LogP contribution < -0.4 is 5.56 Å². The van der Waals surface area contributed by atoms with Gasteiger partial charge in [-0.15, -0.1) is 0 Å². The van der Waals surface area contributed by atoms with Crippen molar-refractivity contribution in [3.8, 4) is 28.5 Å². The van der Waals surface area contributed by atoms with Gasteiger partial charge in [0.15, 0.2) is 0 Å². The Labute approximate surface area is 178 Å². The Kier molecular flexibility index (Phi) is 4.52. The number of rotatable bonds is 3. The van der Waals surface area contributed by atoms with Gasteiger partial charge >= 0.3 is 0 Å². The molecule has 0 aliphatic rings. The number of aromatic nitrogens is 3. The molecule has 146 valence electrons. The first kappa shape index (κ1) is 18.4. The van der Waals surface area contributed by atoms with Gasteiger partial charge in [0, 0.05) is 27.0 Å². The number of pyridine rings is 1. The van der Waals surface area contributed by atoms with E-state index in [0.29, 0.717) is 27.8 Å². The normalized spacial score (nSPS) is 11.1. The molecule has 5 rings (SSSR count). The van der Waals surface area contributed by atoms with Crippen LogP contribution >= 0.6 is 15.9 Å². The molecular formula is C23H13BrFN3O2. The topological polar surface area (TPSA) is 60.9 Å². The number of halogens is 2. The minimum Gasteiger partial charge on any atom is -0.334 e. The molecule has 5 nitrogen and oxygen atoms in total. The van der Waals surface area contributed by atoms with Crippen molar-refractivity contribution in [1.29, 1.82) is 0 Å². The largest absolute Gasteiger partial charge is 0.334 e. The van der Waals surface area contributed by atoms with Gasteiger partial charge in [0.25, 0.3) is 11.4 Å². The molecule has 0 saturated carbocycles. The third-order valence-corrected chi connectivity index (χ3v) is 5.24. The molecule has 0 aliphatic heterocycles. The first-order valence-corrected chi connectivity index (χ1v) is 9.90. The van der Waals surface area contributed by atoms with E-state index in [1.165, 1.54) is 16.7 Å². The van der Waals surface area contributed by atoms with E-state index in [1.54, 1.807) is 30.5 Å². The zero-order chi connectivity index (χ0) is 20.7. The van der Waals surface area contributed by atoms with Gasteiger partial charge in [0.2, 0.25) is 5.82 Å². The Balaban J connectivity index is 1.74. The predicted octanol–water partition coefficient (Wildman–Crippen LogP) is 5.61. The lowest BCUT2D eigenvalue weighted by Gasteiger charge is -2.10. The van der Waals surface area contributed by atoms with Gasteiger partial charge in [-0.1, -0.05) is 57.5 Å². The molecular weight excluding hydrogens is 449 g/mol. The molecule has 0 spiro atoms. The molecule has 0 unspecified atom stereocenters. The molecule has 0 N–H and O–H groups in total. The van der Waals surface area contributed by atoms with Gasteiger partial charge in [0.05, 0.1) is 11.3 Å². The predicted molar refractivity (Wildman–Crippen MR) is 116 cm³/mol. The summed E-state index contributed by atoms with van der Waals surface area (Å²) in [5.41, 5.74) is 1.54. The second-order valence-electron chi connectivity index (χ2n) is 6.68. The Morgan fingerprint density at radius 2 is 1.73 bits per heavy atom. The smallest absolute Gasteiger partial charge is 0.262 e. The lowest BCUT2D eigenvalue weighted by molar-refractivity contribution is 0.432. The van der Waals surface area contributed by atoms with Crippen LogP contribution in [0, 0.1) is 5.82 Å². The summed E-state index contributed by atoms with van der Waals surface area (Å²) in [5, 5.41) is 5.25. The highest BCUT2D eigenvalue weighted by atomic mass is 79.9. The summed E-state index contributed by atoms with van der Waals surface area (Å²) in [4.78, 5) is 17.6. The second kappa shape index (κ2) is 7.35. The Hall–Kier alpha value is -3.58. The van der Waals surface area contributed by atoms with Gasteiger partial charge in [-0.2, -0.15) is 4.98 Å². The molecule has 0 fully saturated rings. The number of benzene rings is 3. The van der Waals surface area contributed by atoms with Crippen LogP contribution in [0.2, 0.25) is 0 Å². The molecule has 2 heterocycles. The minimum absolute atomic E-state index is 0.258. The molecule has 5 aromatic rings. The minimum atomic E-state index is -0.427. The van der Waals surface area contributed by atoms with Crippen LogP contribution in [0.5, 0.6) is 0 Å². The van der Waals surface area contributed by atoms with Gasteiger partial charge < -0.3 is 4.52 Å². The van der Waals surface area contributed by atoms with Gasteiger partial charge in [-0.25, -0.2) is 4.39 Å². The van der Waals surface area contributed by atoms with Crippen LogP contribution in [0.15, 0.2) is 92.8 Å². The van der Waals surface area contributed by atoms with Crippen molar-refractivity contribution < 1.29 is 8.91 Å². The third-order valence-electron chi connectivity index (χ3n) is 4.75. The van der Waals surface area contributed by atoms with Crippen molar-refractivity contribution >= 4 is 26.7 Å². The van der Waals surface area contributed by atoms with E-state index in [2.05, 4.69) is 26.1 Å². The van der Waals surface area contributed by atoms with Crippen LogP contribution in [0.1, 0.15) is 0 Å². The highest BCUT2D eigenvalue weighted by molar-refractivity contribution is 9.10. The first-order chi connectivity index (χ1) is 14.6. The van der Waals surface area contributed by atoms with E-state index in [9.17, 15) is 9.18 Å². The Bertz CT molecular complexity index is 1460. The van der Waals surface area contributed by atoms with E-state index in [0.717, 1.165) is 10.0 Å². The summed E-state index contributed by atoms with van der Waals surface area (Å²) >= 11 is 3.44. The maximum Gasteiger partial charge on any atom is 0.262 e. The Morgan fingerprint density at radius 1 is 0.933 bits per heavy atom. The van der Waals surface area contributed by atoms with Crippen LogP contribution in [0.4, 0.5) is 4.39 Å². The summed E-state index contributed by atoms with van der Waals surface area (Å²) in [6, 6.07) is 20.6. The fourth-order valence-corrected chi connectivity index (χ4v) is 3.76. The summed E-state index contributed by atoms with van der Waals surface area (Å²) in [6.45, 7) is 0. The van der Waals surface area contributed by atoms with Crippen LogP contribution in [-0.4, -0.2) is 14.7 Å². The van der Waals surface area contributed by atoms with Gasteiger partial charge in [-0.05, 0) is 36.4 Å². The van der Waals surface area contributed by atoms with Crippen molar-refractivity contribution in [3.63, 3.8) is 0 Å². The third kappa shape index (κ3) is 3.23. The highest BCUT2D eigenvalue weighted by Crippen LogP contribution is 2.29. The fraction of sp³-hybridized carbons (Fsp3) is 0. The SMILES string of the molecule is O=c1c2ccccc2c(-c2nc(-c3cccc(Br)c3)no2)cn1-c1cccc(F)c1. The lowest BCUT2D eigenvalue weighted by Crippen LogP contribution is -2.18. The highest BCUT2D eigenvalue weighted by Gasteiger charge is 2.17. The Morgan fingerprint density at radius 3 is 2.53 bits per heavy atom. The number of nitrogens with zero attached hydrogens (tertiary/aromatic N) is 3. The molecule has 0 bridgehead atoms. The first-order valence-electron chi connectivity index (χ1n) is 9.10. The second-order valence-corrected chi connectivity index (χ2v) is 7.59. The molecule has 0 atom stereocenters. The number of hydrogen-bond acceptors (Lipinski definition) is 4. The monoisotopic (exact) mass is 461 g/mol. The molecule has 0 saturated heterocycles. The average molecular weight is 462 g/mol. The van der Waals surface area contributed by atoms with Gasteiger partial charge in [-0.3, -0.25) is 9.36 Å². The fourth-order valence-electron chi connectivity index (χ4n) is 3.36. The van der Waals surface area contributed by atoms with E-state index in [1.807, 2.05) is 36.4 Å². The van der Waals surface area contributed by atoms with Crippen molar-refractivity contribution in [2.45, 2.75) is 0 Å². The van der Waals surface area contributed by atoms with E-state index >= 15 is 0 Å². The molecule has 30 heavy (non-hydrogen) atoms. The molecule has 3 aromatic carbocycles. The molecule has 0 aliphatic carbocycles. The standard InChI is InChI=1S/C23H13BrFN3O2/c24-15-6-3-5-14(11-15)21-26-22(30-27-21)20-13-28(17-8-4-7-16(25)12-17)23(29)19-10-2-1-9-18(19)20/h1-13H. The summed E-state index contributed by atoms with van der Waals surface area (Å²) in [7, 11) is 0. The summed E-state index contributed by atoms with van der Waals surface area (Å²) in [6.07, 6.45) is 1.61. The van der Waals surface area contributed by atoms with E-state index < -0.39 is 5.82 Å². The maximum absolute atomic E-state index is 13.8. The summed E-state index contributed by atoms with van der Waals surface area (Å²) < 4.78 is 21.6. The zero-order valence-electron chi connectivity index (χ0n) is 15.4. The van der Waals surface area contributed by atoms with Gasteiger partial charge in [0.1, 0.15) is 5.82 Å². The van der Waals surface area contributed by atoms with Crippen LogP contribution in [-0.2, 0) is 0 Å². The van der Waals surface area contributed by atoms with Crippen molar-refractivity contribution in [2.24, 2.45) is 0 Å². The van der Waals surface area contributed by atoms with E-state index in [4.69, 9.17) is 4.52 Å². The molecule has 0 amide bonds.